The number of carbonyl (C=O) groups excluding carboxylic acids is 1. The van der Waals surface area contributed by atoms with Crippen molar-refractivity contribution in [1.82, 2.24) is 0 Å². The zero-order chi connectivity index (χ0) is 15.9. The molecule has 1 amide bonds. The van der Waals surface area contributed by atoms with Gasteiger partial charge in [-0.1, -0.05) is 12.2 Å². The van der Waals surface area contributed by atoms with Crippen LogP contribution in [0.15, 0.2) is 30.4 Å². The van der Waals surface area contributed by atoms with Gasteiger partial charge in [0.15, 0.2) is 0 Å². The number of anilines is 3. The van der Waals surface area contributed by atoms with Crippen molar-refractivity contribution in [3.8, 4) is 0 Å². The molecule has 0 radical (unpaired) electrons. The molecule has 118 valence electrons. The zero-order valence-corrected chi connectivity index (χ0v) is 13.4. The third kappa shape index (κ3) is 2.35. The van der Waals surface area contributed by atoms with Crippen LogP contribution in [0, 0.1) is 5.92 Å². The minimum Gasteiger partial charge on any atom is -0.326 e. The molecule has 1 aliphatic carbocycles. The molecule has 2 aliphatic rings. The van der Waals surface area contributed by atoms with Gasteiger partial charge in [-0.3, -0.25) is 13.4 Å². The van der Waals surface area contributed by atoms with Crippen molar-refractivity contribution in [3.63, 3.8) is 0 Å². The predicted molar refractivity (Wildman–Crippen MR) is 87.3 cm³/mol. The Bertz CT molecular complexity index is 742. The van der Waals surface area contributed by atoms with Gasteiger partial charge in [0.05, 0.1) is 11.4 Å². The van der Waals surface area contributed by atoms with E-state index in [2.05, 4.69) is 11.4 Å². The first-order valence-electron chi connectivity index (χ1n) is 7.24. The molecule has 1 unspecified atom stereocenters. The van der Waals surface area contributed by atoms with Crippen molar-refractivity contribution >= 4 is 33.2 Å². The molecule has 1 heterocycles. The molecule has 1 aliphatic heterocycles. The van der Waals surface area contributed by atoms with E-state index < -0.39 is 10.2 Å². The van der Waals surface area contributed by atoms with Gasteiger partial charge in [-0.25, -0.2) is 0 Å². The Morgan fingerprint density at radius 1 is 1.18 bits per heavy atom. The molecule has 3 rings (SSSR count). The minimum absolute atomic E-state index is 0.0117. The maximum absolute atomic E-state index is 12.3. The monoisotopic (exact) mass is 321 g/mol. The topological polar surface area (TPSA) is 69.7 Å². The number of allylic oxidation sites excluding steroid dienone is 2. The summed E-state index contributed by atoms with van der Waals surface area (Å²) in [6, 6.07) is 5.15. The molecule has 0 fully saturated rings. The summed E-state index contributed by atoms with van der Waals surface area (Å²) < 4.78 is 26.6. The zero-order valence-electron chi connectivity index (χ0n) is 12.6. The van der Waals surface area contributed by atoms with Crippen LogP contribution in [0.2, 0.25) is 0 Å². The second kappa shape index (κ2) is 5.31. The lowest BCUT2D eigenvalue weighted by atomic mass is 9.93. The number of carbonyl (C=O) groups is 1. The second-order valence-electron chi connectivity index (χ2n) is 5.62. The number of hydrogen-bond acceptors (Lipinski definition) is 3. The summed E-state index contributed by atoms with van der Waals surface area (Å²) in [4.78, 5) is 12.3. The molecular formula is C15H19N3O3S. The SMILES string of the molecule is CN1c2ccc(NC(=O)C3CC=CCC3)cc2N(C)S1(=O)=O. The Kier molecular flexibility index (Phi) is 3.60. The molecule has 0 aromatic heterocycles. The number of amides is 1. The first-order valence-corrected chi connectivity index (χ1v) is 8.63. The molecule has 0 saturated carbocycles. The van der Waals surface area contributed by atoms with E-state index in [1.54, 1.807) is 18.2 Å². The average molecular weight is 321 g/mol. The summed E-state index contributed by atoms with van der Waals surface area (Å²) in [7, 11) is -0.456. The van der Waals surface area contributed by atoms with Gasteiger partial charge in [0.1, 0.15) is 0 Å². The Balaban J connectivity index is 1.82. The van der Waals surface area contributed by atoms with Gasteiger partial charge < -0.3 is 5.32 Å². The van der Waals surface area contributed by atoms with Crippen molar-refractivity contribution in [2.75, 3.05) is 28.0 Å². The molecule has 1 N–H and O–H groups in total. The van der Waals surface area contributed by atoms with Crippen molar-refractivity contribution in [1.29, 1.82) is 0 Å². The molecule has 0 saturated heterocycles. The summed E-state index contributed by atoms with van der Waals surface area (Å²) in [5.74, 6) is -0.0245. The summed E-state index contributed by atoms with van der Waals surface area (Å²) >= 11 is 0. The van der Waals surface area contributed by atoms with Gasteiger partial charge in [0.25, 0.3) is 0 Å². The Morgan fingerprint density at radius 2 is 1.91 bits per heavy atom. The first-order chi connectivity index (χ1) is 10.4. The van der Waals surface area contributed by atoms with Gasteiger partial charge in [0.2, 0.25) is 5.91 Å². The van der Waals surface area contributed by atoms with Crippen LogP contribution >= 0.6 is 0 Å². The quantitative estimate of drug-likeness (QED) is 0.848. The normalized spacial score (nSPS) is 22.5. The van der Waals surface area contributed by atoms with Crippen molar-refractivity contribution in [3.05, 3.63) is 30.4 Å². The van der Waals surface area contributed by atoms with Gasteiger partial charge in [-0.05, 0) is 37.5 Å². The Labute approximate surface area is 130 Å². The van der Waals surface area contributed by atoms with Crippen LogP contribution in [0.3, 0.4) is 0 Å². The second-order valence-corrected chi connectivity index (χ2v) is 7.61. The lowest BCUT2D eigenvalue weighted by Gasteiger charge is -2.17. The van der Waals surface area contributed by atoms with Crippen molar-refractivity contribution in [2.45, 2.75) is 19.3 Å². The minimum atomic E-state index is -3.48. The number of fused-ring (bicyclic) bond motifs is 1. The standard InChI is InChI=1S/C15H19N3O3S/c1-17-13-9-8-12(10-14(13)18(2)22(17,20)21)16-15(19)11-6-4-3-5-7-11/h3-4,8-11H,5-7H2,1-2H3,(H,16,19). The largest absolute Gasteiger partial charge is 0.326 e. The Hall–Kier alpha value is -2.02. The molecule has 22 heavy (non-hydrogen) atoms. The number of benzene rings is 1. The fraction of sp³-hybridized carbons (Fsp3) is 0.400. The highest BCUT2D eigenvalue weighted by Gasteiger charge is 2.35. The number of rotatable bonds is 2. The average Bonchev–Trinajstić information content (AvgIpc) is 2.69. The van der Waals surface area contributed by atoms with Crippen LogP contribution in [-0.2, 0) is 15.0 Å². The van der Waals surface area contributed by atoms with E-state index in [0.29, 0.717) is 17.1 Å². The summed E-state index contributed by atoms with van der Waals surface area (Å²) in [6.45, 7) is 0. The highest BCUT2D eigenvalue weighted by Crippen LogP contribution is 2.40. The van der Waals surface area contributed by atoms with Crippen molar-refractivity contribution < 1.29 is 13.2 Å². The summed E-state index contributed by atoms with van der Waals surface area (Å²) in [5.41, 5.74) is 1.81. The van der Waals surface area contributed by atoms with E-state index in [9.17, 15) is 13.2 Å². The number of hydrogen-bond donors (Lipinski definition) is 1. The van der Waals surface area contributed by atoms with E-state index in [1.807, 2.05) is 6.08 Å². The number of nitrogens with zero attached hydrogens (tertiary/aromatic N) is 2. The summed E-state index contributed by atoms with van der Waals surface area (Å²) in [6.07, 6.45) is 6.66. The maximum Gasteiger partial charge on any atom is 0.326 e. The molecule has 1 aromatic rings. The smallest absolute Gasteiger partial charge is 0.326 e. The highest BCUT2D eigenvalue weighted by atomic mass is 32.2. The molecule has 1 atom stereocenters. The lowest BCUT2D eigenvalue weighted by Crippen LogP contribution is -2.32. The fourth-order valence-corrected chi connectivity index (χ4v) is 3.99. The van der Waals surface area contributed by atoms with Gasteiger partial charge in [0, 0.05) is 25.7 Å². The van der Waals surface area contributed by atoms with E-state index in [0.717, 1.165) is 19.3 Å². The molecule has 0 bridgehead atoms. The fourth-order valence-electron chi connectivity index (χ4n) is 2.83. The van der Waals surface area contributed by atoms with Crippen LogP contribution in [0.25, 0.3) is 0 Å². The van der Waals surface area contributed by atoms with Crippen LogP contribution < -0.4 is 13.9 Å². The van der Waals surface area contributed by atoms with Crippen LogP contribution in [0.5, 0.6) is 0 Å². The Morgan fingerprint density at radius 3 is 2.59 bits per heavy atom. The van der Waals surface area contributed by atoms with Gasteiger partial charge in [-0.2, -0.15) is 8.42 Å². The lowest BCUT2D eigenvalue weighted by molar-refractivity contribution is -0.120. The molecule has 7 heteroatoms. The summed E-state index contributed by atoms with van der Waals surface area (Å²) in [5, 5.41) is 2.89. The van der Waals surface area contributed by atoms with Crippen LogP contribution in [0.1, 0.15) is 19.3 Å². The van der Waals surface area contributed by atoms with Crippen LogP contribution in [-0.4, -0.2) is 28.4 Å². The van der Waals surface area contributed by atoms with E-state index >= 15 is 0 Å². The third-order valence-electron chi connectivity index (χ3n) is 4.25. The third-order valence-corrected chi connectivity index (χ3v) is 6.03. The van der Waals surface area contributed by atoms with E-state index in [4.69, 9.17) is 0 Å². The molecule has 1 aromatic carbocycles. The predicted octanol–water partition coefficient (Wildman–Crippen LogP) is 2.11. The van der Waals surface area contributed by atoms with Crippen molar-refractivity contribution in [2.24, 2.45) is 5.92 Å². The highest BCUT2D eigenvalue weighted by molar-refractivity contribution is 7.94. The molecular weight excluding hydrogens is 302 g/mol. The molecule has 0 spiro atoms. The van der Waals surface area contributed by atoms with Crippen LogP contribution in [0.4, 0.5) is 17.1 Å². The van der Waals surface area contributed by atoms with Gasteiger partial charge >= 0.3 is 10.2 Å². The first kappa shape index (κ1) is 14.9. The number of nitrogens with one attached hydrogen (secondary N) is 1. The van der Waals surface area contributed by atoms with Gasteiger partial charge in [-0.15, -0.1) is 0 Å². The van der Waals surface area contributed by atoms with E-state index in [-0.39, 0.29) is 11.8 Å². The molecule has 6 nitrogen and oxygen atoms in total. The van der Waals surface area contributed by atoms with E-state index in [1.165, 1.54) is 22.7 Å². The maximum atomic E-state index is 12.3.